The van der Waals surface area contributed by atoms with E-state index in [9.17, 15) is 4.79 Å². The molecule has 0 aliphatic heterocycles. The molecule has 0 aliphatic carbocycles. The Morgan fingerprint density at radius 1 is 1.43 bits per heavy atom. The van der Waals surface area contributed by atoms with Crippen molar-refractivity contribution in [2.45, 2.75) is 12.5 Å². The maximum atomic E-state index is 11.1. The van der Waals surface area contributed by atoms with Crippen molar-refractivity contribution >= 4 is 33.3 Å². The summed E-state index contributed by atoms with van der Waals surface area (Å²) < 4.78 is 1.01. The van der Waals surface area contributed by atoms with E-state index in [1.807, 2.05) is 24.3 Å². The first-order chi connectivity index (χ1) is 6.63. The van der Waals surface area contributed by atoms with Crippen molar-refractivity contribution < 1.29 is 4.79 Å². The first-order valence-corrected chi connectivity index (χ1v) is 5.55. The van der Waals surface area contributed by atoms with Crippen molar-refractivity contribution in [3.63, 3.8) is 0 Å². The van der Waals surface area contributed by atoms with Crippen LogP contribution in [0.3, 0.4) is 0 Å². The molecule has 0 aliphatic rings. The van der Waals surface area contributed by atoms with Gasteiger partial charge in [-0.15, -0.1) is 11.6 Å². The number of hydrogen-bond acceptors (Lipinski definition) is 2. The van der Waals surface area contributed by atoms with Gasteiger partial charge in [-0.05, 0) is 24.1 Å². The zero-order valence-electron chi connectivity index (χ0n) is 7.54. The van der Waals surface area contributed by atoms with E-state index in [-0.39, 0.29) is 11.7 Å². The molecule has 1 rings (SSSR count). The smallest absolute Gasteiger partial charge is 0.164 e. The fourth-order valence-electron chi connectivity index (χ4n) is 1.09. The van der Waals surface area contributed by atoms with Crippen LogP contribution in [0.5, 0.6) is 0 Å². The van der Waals surface area contributed by atoms with Gasteiger partial charge in [0.2, 0.25) is 0 Å². The third-order valence-electron chi connectivity index (χ3n) is 1.91. The molecule has 2 nitrogen and oxygen atoms in total. The monoisotopic (exact) mass is 275 g/mol. The highest BCUT2D eigenvalue weighted by Gasteiger charge is 2.12. The molecule has 0 fully saturated rings. The lowest BCUT2D eigenvalue weighted by atomic mass is 10.0. The van der Waals surface area contributed by atoms with Crippen LogP contribution in [-0.4, -0.2) is 17.7 Å². The van der Waals surface area contributed by atoms with E-state index in [0.717, 1.165) is 10.0 Å². The molecule has 4 heteroatoms. The zero-order valence-corrected chi connectivity index (χ0v) is 9.88. The highest BCUT2D eigenvalue weighted by molar-refractivity contribution is 9.10. The van der Waals surface area contributed by atoms with Crippen LogP contribution in [0, 0.1) is 0 Å². The van der Waals surface area contributed by atoms with Gasteiger partial charge in [-0.1, -0.05) is 28.1 Å². The van der Waals surface area contributed by atoms with E-state index < -0.39 is 6.04 Å². The normalized spacial score (nSPS) is 12.5. The summed E-state index contributed by atoms with van der Waals surface area (Å²) in [5.41, 5.74) is 6.69. The highest BCUT2D eigenvalue weighted by Crippen LogP contribution is 2.11. The number of alkyl halides is 1. The molecule has 0 bridgehead atoms. The molecule has 2 N–H and O–H groups in total. The molecular formula is C10H11BrClNO. The van der Waals surface area contributed by atoms with Crippen LogP contribution in [-0.2, 0) is 11.2 Å². The summed E-state index contributed by atoms with van der Waals surface area (Å²) in [4.78, 5) is 11.1. The van der Waals surface area contributed by atoms with Gasteiger partial charge in [0.15, 0.2) is 5.78 Å². The summed E-state index contributed by atoms with van der Waals surface area (Å²) in [7, 11) is 0. The first-order valence-electron chi connectivity index (χ1n) is 4.22. The van der Waals surface area contributed by atoms with Crippen LogP contribution in [0.4, 0.5) is 0 Å². The predicted octanol–water partition coefficient (Wildman–Crippen LogP) is 2.13. The zero-order chi connectivity index (χ0) is 10.6. The fraction of sp³-hybridized carbons (Fsp3) is 0.300. The molecule has 0 amide bonds. The van der Waals surface area contributed by atoms with Gasteiger partial charge in [0.25, 0.3) is 0 Å². The Kier molecular flexibility index (Phi) is 4.58. The van der Waals surface area contributed by atoms with Gasteiger partial charge in [-0.25, -0.2) is 0 Å². The molecule has 1 atom stereocenters. The van der Waals surface area contributed by atoms with Crippen LogP contribution in [0.1, 0.15) is 5.56 Å². The molecule has 14 heavy (non-hydrogen) atoms. The van der Waals surface area contributed by atoms with E-state index in [2.05, 4.69) is 15.9 Å². The molecule has 0 radical (unpaired) electrons. The molecule has 76 valence electrons. The Bertz CT molecular complexity index is 312. The molecule has 0 aromatic heterocycles. The summed E-state index contributed by atoms with van der Waals surface area (Å²) >= 11 is 8.74. The van der Waals surface area contributed by atoms with Crippen molar-refractivity contribution in [3.8, 4) is 0 Å². The minimum absolute atomic E-state index is 0.0162. The topological polar surface area (TPSA) is 43.1 Å². The number of Topliss-reactive ketones (excluding diaryl/α,β-unsaturated/α-hetero) is 1. The van der Waals surface area contributed by atoms with Crippen LogP contribution in [0.2, 0.25) is 0 Å². The molecule has 0 heterocycles. The number of carbonyl (C=O) groups is 1. The Morgan fingerprint density at radius 3 is 2.50 bits per heavy atom. The van der Waals surface area contributed by atoms with E-state index >= 15 is 0 Å². The fourth-order valence-corrected chi connectivity index (χ4v) is 1.55. The number of benzene rings is 1. The number of carbonyl (C=O) groups excluding carboxylic acids is 1. The second-order valence-corrected chi connectivity index (χ2v) is 4.22. The second-order valence-electron chi connectivity index (χ2n) is 3.04. The molecule has 0 saturated heterocycles. The van der Waals surface area contributed by atoms with Crippen molar-refractivity contribution in [2.24, 2.45) is 5.73 Å². The summed E-state index contributed by atoms with van der Waals surface area (Å²) in [6, 6.07) is 7.23. The molecule has 1 aromatic rings. The first kappa shape index (κ1) is 11.7. The number of ketones is 1. The summed E-state index contributed by atoms with van der Waals surface area (Å²) in [5, 5.41) is 0. The van der Waals surface area contributed by atoms with Gasteiger partial charge in [0.05, 0.1) is 11.9 Å². The lowest BCUT2D eigenvalue weighted by Gasteiger charge is -2.08. The third kappa shape index (κ3) is 3.40. The average Bonchev–Trinajstić information content (AvgIpc) is 2.20. The number of rotatable bonds is 4. The molecule has 0 saturated carbocycles. The third-order valence-corrected chi connectivity index (χ3v) is 2.71. The lowest BCUT2D eigenvalue weighted by molar-refractivity contribution is -0.117. The number of halogens is 2. The average molecular weight is 277 g/mol. The molecule has 0 spiro atoms. The van der Waals surface area contributed by atoms with E-state index in [1.54, 1.807) is 0 Å². The predicted molar refractivity (Wildman–Crippen MR) is 61.5 cm³/mol. The SMILES string of the molecule is N[C@@H](Cc1ccc(Br)cc1)C(=O)CCl. The largest absolute Gasteiger partial charge is 0.321 e. The Labute approximate surface area is 96.6 Å². The van der Waals surface area contributed by atoms with Crippen molar-refractivity contribution in [1.82, 2.24) is 0 Å². The quantitative estimate of drug-likeness (QED) is 0.856. The summed E-state index contributed by atoms with van der Waals surface area (Å²) in [6.45, 7) is 0. The van der Waals surface area contributed by atoms with Crippen LogP contribution in [0.25, 0.3) is 0 Å². The molecule has 0 unspecified atom stereocenters. The summed E-state index contributed by atoms with van der Waals surface area (Å²) in [5.74, 6) is -0.132. The highest BCUT2D eigenvalue weighted by atomic mass is 79.9. The van der Waals surface area contributed by atoms with Gasteiger partial charge < -0.3 is 5.73 Å². The number of nitrogens with two attached hydrogens (primary N) is 1. The minimum atomic E-state index is -0.492. The van der Waals surface area contributed by atoms with Gasteiger partial charge >= 0.3 is 0 Å². The van der Waals surface area contributed by atoms with Crippen molar-refractivity contribution in [3.05, 3.63) is 34.3 Å². The Balaban J connectivity index is 2.60. The maximum absolute atomic E-state index is 11.1. The second kappa shape index (κ2) is 5.49. The van der Waals surface area contributed by atoms with Crippen molar-refractivity contribution in [1.29, 1.82) is 0 Å². The molecular weight excluding hydrogens is 265 g/mol. The molecule has 1 aromatic carbocycles. The Hall–Kier alpha value is -0.380. The van der Waals surface area contributed by atoms with Gasteiger partial charge in [-0.3, -0.25) is 4.79 Å². The van der Waals surface area contributed by atoms with E-state index in [0.29, 0.717) is 6.42 Å². The maximum Gasteiger partial charge on any atom is 0.164 e. The van der Waals surface area contributed by atoms with Crippen molar-refractivity contribution in [2.75, 3.05) is 5.88 Å². The standard InChI is InChI=1S/C10H11BrClNO/c11-8-3-1-7(2-4-8)5-9(13)10(14)6-12/h1-4,9H,5-6,13H2/t9-/m0/s1. The minimum Gasteiger partial charge on any atom is -0.321 e. The van der Waals surface area contributed by atoms with Crippen LogP contribution in [0.15, 0.2) is 28.7 Å². The Morgan fingerprint density at radius 2 is 2.00 bits per heavy atom. The number of hydrogen-bond donors (Lipinski definition) is 1. The van der Waals surface area contributed by atoms with Gasteiger partial charge in [-0.2, -0.15) is 0 Å². The lowest BCUT2D eigenvalue weighted by Crippen LogP contribution is -2.33. The van der Waals surface area contributed by atoms with Crippen LogP contribution >= 0.6 is 27.5 Å². The van der Waals surface area contributed by atoms with E-state index in [1.165, 1.54) is 0 Å². The van der Waals surface area contributed by atoms with Gasteiger partial charge in [0, 0.05) is 4.47 Å². The van der Waals surface area contributed by atoms with Gasteiger partial charge in [0.1, 0.15) is 0 Å². The van der Waals surface area contributed by atoms with Crippen LogP contribution < -0.4 is 5.73 Å². The van der Waals surface area contributed by atoms with E-state index in [4.69, 9.17) is 17.3 Å². The summed E-state index contributed by atoms with van der Waals surface area (Å²) in [6.07, 6.45) is 0.541.